The predicted octanol–water partition coefficient (Wildman–Crippen LogP) is 3.71. The second kappa shape index (κ2) is 8.04. The molecule has 0 N–H and O–H groups in total. The topological polar surface area (TPSA) is 57.2 Å². The Bertz CT molecular complexity index is 746. The number of nitrogens with zero attached hydrogens (tertiary/aromatic N) is 1. The Morgan fingerprint density at radius 3 is 2.23 bits per heavy atom. The Morgan fingerprint density at radius 1 is 1.17 bits per heavy atom. The molecule has 2 fully saturated rings. The minimum Gasteiger partial charge on any atom is -0.488 e. The van der Waals surface area contributed by atoms with Crippen molar-refractivity contribution < 1.29 is 28.0 Å². The Labute approximate surface area is 179 Å². The van der Waals surface area contributed by atoms with E-state index < -0.39 is 36.7 Å². The SMILES string of the molecule is CC(C)(C)OC(=O)N(CCF)[C@@H]1C[C@H]1Oc1ccc(B2OC(C)(C)C(C)(C)O2)cc1. The summed E-state index contributed by atoms with van der Waals surface area (Å²) in [6.07, 6.45) is -0.0304. The molecule has 1 saturated carbocycles. The zero-order valence-electron chi connectivity index (χ0n) is 19.0. The fourth-order valence-corrected chi connectivity index (χ4v) is 3.28. The molecule has 6 nitrogen and oxygen atoms in total. The number of carbonyl (C=O) groups excluding carboxylic acids is 1. The van der Waals surface area contributed by atoms with E-state index in [-0.39, 0.29) is 18.7 Å². The van der Waals surface area contributed by atoms with Crippen molar-refractivity contribution in [2.24, 2.45) is 0 Å². The monoisotopic (exact) mass is 421 g/mol. The van der Waals surface area contributed by atoms with Gasteiger partial charge >= 0.3 is 13.2 Å². The Hall–Kier alpha value is -1.80. The molecule has 30 heavy (non-hydrogen) atoms. The summed E-state index contributed by atoms with van der Waals surface area (Å²) in [4.78, 5) is 13.8. The molecule has 1 aliphatic heterocycles. The second-order valence-corrected chi connectivity index (χ2v) is 9.98. The first-order valence-corrected chi connectivity index (χ1v) is 10.5. The smallest absolute Gasteiger partial charge is 0.488 e. The molecule has 1 aromatic carbocycles. The number of alkyl halides is 1. The van der Waals surface area contributed by atoms with Crippen molar-refractivity contribution in [2.45, 2.75) is 83.8 Å². The van der Waals surface area contributed by atoms with Gasteiger partial charge in [-0.3, -0.25) is 4.90 Å². The summed E-state index contributed by atoms with van der Waals surface area (Å²) >= 11 is 0. The molecule has 0 bridgehead atoms. The van der Waals surface area contributed by atoms with E-state index in [1.54, 1.807) is 20.8 Å². The number of halogens is 1. The molecule has 2 atom stereocenters. The van der Waals surface area contributed by atoms with Gasteiger partial charge in [0.1, 0.15) is 24.1 Å². The van der Waals surface area contributed by atoms with Crippen molar-refractivity contribution in [1.29, 1.82) is 0 Å². The van der Waals surface area contributed by atoms with Crippen molar-refractivity contribution in [3.8, 4) is 5.75 Å². The molecule has 1 saturated heterocycles. The van der Waals surface area contributed by atoms with Crippen LogP contribution in [0.3, 0.4) is 0 Å². The van der Waals surface area contributed by atoms with Gasteiger partial charge in [0.05, 0.1) is 23.8 Å². The lowest BCUT2D eigenvalue weighted by Gasteiger charge is -2.32. The van der Waals surface area contributed by atoms with Crippen LogP contribution in [0.15, 0.2) is 24.3 Å². The van der Waals surface area contributed by atoms with E-state index in [0.717, 1.165) is 5.46 Å². The van der Waals surface area contributed by atoms with Gasteiger partial charge in [-0.05, 0) is 66.1 Å². The van der Waals surface area contributed by atoms with E-state index in [1.807, 2.05) is 52.0 Å². The molecule has 1 heterocycles. The van der Waals surface area contributed by atoms with Crippen molar-refractivity contribution >= 4 is 18.7 Å². The van der Waals surface area contributed by atoms with Gasteiger partial charge in [-0.2, -0.15) is 0 Å². The highest BCUT2D eigenvalue weighted by atomic mass is 19.1. The first kappa shape index (κ1) is 22.9. The standard InChI is InChI=1S/C22H33BFNO5/c1-20(2,3)28-19(26)25(13-12-24)17-14-18(17)27-16-10-8-15(9-11-16)23-29-21(4,5)22(6,7)30-23/h8-11,17-18H,12-14H2,1-7H3/t17-,18-/m1/s1. The number of rotatable bonds is 6. The van der Waals surface area contributed by atoms with Crippen LogP contribution in [-0.2, 0) is 14.0 Å². The van der Waals surface area contributed by atoms with Gasteiger partial charge in [-0.25, -0.2) is 9.18 Å². The number of ether oxygens (including phenoxy) is 2. The van der Waals surface area contributed by atoms with Crippen LogP contribution in [0, 0.1) is 0 Å². The Balaban J connectivity index is 1.58. The van der Waals surface area contributed by atoms with Gasteiger partial charge in [0.25, 0.3) is 0 Å². The van der Waals surface area contributed by atoms with Crippen LogP contribution in [0.25, 0.3) is 0 Å². The Morgan fingerprint density at radius 2 is 1.73 bits per heavy atom. The molecule has 166 valence electrons. The molecule has 0 radical (unpaired) electrons. The highest BCUT2D eigenvalue weighted by Gasteiger charge is 2.52. The van der Waals surface area contributed by atoms with E-state index in [1.165, 1.54) is 4.90 Å². The molecule has 0 spiro atoms. The lowest BCUT2D eigenvalue weighted by atomic mass is 9.79. The summed E-state index contributed by atoms with van der Waals surface area (Å²) in [6, 6.07) is 7.38. The number of hydrogen-bond donors (Lipinski definition) is 0. The molecule has 1 aliphatic carbocycles. The third-order valence-electron chi connectivity index (χ3n) is 5.75. The summed E-state index contributed by atoms with van der Waals surface area (Å²) in [5, 5.41) is 0. The fraction of sp³-hybridized carbons (Fsp3) is 0.682. The van der Waals surface area contributed by atoms with E-state index in [0.29, 0.717) is 12.2 Å². The molecule has 3 rings (SSSR count). The average molecular weight is 421 g/mol. The van der Waals surface area contributed by atoms with Crippen molar-refractivity contribution in [3.63, 3.8) is 0 Å². The minimum atomic E-state index is -0.625. The maximum atomic E-state index is 13.0. The summed E-state index contributed by atoms with van der Waals surface area (Å²) in [7, 11) is -0.426. The second-order valence-electron chi connectivity index (χ2n) is 9.98. The predicted molar refractivity (Wildman–Crippen MR) is 114 cm³/mol. The van der Waals surface area contributed by atoms with E-state index >= 15 is 0 Å². The van der Waals surface area contributed by atoms with Crippen LogP contribution in [0.4, 0.5) is 9.18 Å². The van der Waals surface area contributed by atoms with Gasteiger partial charge < -0.3 is 18.8 Å². The van der Waals surface area contributed by atoms with Crippen LogP contribution < -0.4 is 10.2 Å². The molecule has 1 aromatic rings. The summed E-state index contributed by atoms with van der Waals surface area (Å²) < 4.78 is 36.5. The minimum absolute atomic E-state index is 0.000304. The first-order chi connectivity index (χ1) is 13.8. The summed E-state index contributed by atoms with van der Waals surface area (Å²) in [5.74, 6) is 0.687. The third kappa shape index (κ3) is 5.09. The van der Waals surface area contributed by atoms with Crippen molar-refractivity contribution in [1.82, 2.24) is 4.90 Å². The Kier molecular flexibility index (Phi) is 6.13. The molecule has 2 aliphatic rings. The highest BCUT2D eigenvalue weighted by Crippen LogP contribution is 2.37. The van der Waals surface area contributed by atoms with Crippen LogP contribution in [-0.4, -0.2) is 60.3 Å². The van der Waals surface area contributed by atoms with E-state index in [2.05, 4.69) is 0 Å². The van der Waals surface area contributed by atoms with E-state index in [9.17, 15) is 9.18 Å². The average Bonchev–Trinajstić information content (AvgIpc) is 3.31. The van der Waals surface area contributed by atoms with Crippen molar-refractivity contribution in [3.05, 3.63) is 24.3 Å². The normalized spacial score (nSPS) is 24.5. The zero-order chi connectivity index (χ0) is 22.3. The molecule has 8 heteroatoms. The van der Waals surface area contributed by atoms with E-state index in [4.69, 9.17) is 18.8 Å². The van der Waals surface area contributed by atoms with Gasteiger partial charge in [0.2, 0.25) is 0 Å². The maximum absolute atomic E-state index is 13.0. The fourth-order valence-electron chi connectivity index (χ4n) is 3.28. The van der Waals surface area contributed by atoms with Gasteiger partial charge in [0.15, 0.2) is 0 Å². The summed E-state index contributed by atoms with van der Waals surface area (Å²) in [6.45, 7) is 12.8. The van der Waals surface area contributed by atoms with Crippen LogP contribution in [0.1, 0.15) is 54.9 Å². The molecular weight excluding hydrogens is 388 g/mol. The highest BCUT2D eigenvalue weighted by molar-refractivity contribution is 6.62. The van der Waals surface area contributed by atoms with Crippen LogP contribution in [0.5, 0.6) is 5.75 Å². The zero-order valence-corrected chi connectivity index (χ0v) is 19.0. The maximum Gasteiger partial charge on any atom is 0.494 e. The number of benzene rings is 1. The first-order valence-electron chi connectivity index (χ1n) is 10.5. The van der Waals surface area contributed by atoms with Gasteiger partial charge in [0, 0.05) is 6.42 Å². The molecular formula is C22H33BFNO5. The molecule has 1 amide bonds. The lowest BCUT2D eigenvalue weighted by Crippen LogP contribution is -2.41. The van der Waals surface area contributed by atoms with Crippen molar-refractivity contribution in [2.75, 3.05) is 13.2 Å². The third-order valence-corrected chi connectivity index (χ3v) is 5.75. The van der Waals surface area contributed by atoms with Gasteiger partial charge in [-0.1, -0.05) is 12.1 Å². The van der Waals surface area contributed by atoms with Gasteiger partial charge in [-0.15, -0.1) is 0 Å². The largest absolute Gasteiger partial charge is 0.494 e. The number of hydrogen-bond acceptors (Lipinski definition) is 5. The number of carbonyl (C=O) groups is 1. The lowest BCUT2D eigenvalue weighted by molar-refractivity contribution is 0.00578. The molecule has 0 aromatic heterocycles. The van der Waals surface area contributed by atoms with Crippen LogP contribution in [0.2, 0.25) is 0 Å². The summed E-state index contributed by atoms with van der Waals surface area (Å²) in [5.41, 5.74) is -0.494. The quantitative estimate of drug-likeness (QED) is 0.656. The molecule has 0 unspecified atom stereocenters. The van der Waals surface area contributed by atoms with Crippen LogP contribution >= 0.6 is 0 Å². The number of amides is 1.